The molecule has 65 heavy (non-hydrogen) atoms. The summed E-state index contributed by atoms with van der Waals surface area (Å²) in [7, 11) is 1.25. The van der Waals surface area contributed by atoms with Crippen LogP contribution in [-0.4, -0.2) is 68.5 Å². The Balaban J connectivity index is 3.95. The van der Waals surface area contributed by atoms with E-state index in [1.807, 2.05) is 27.2 Å². The number of hydrogen-bond acceptors (Lipinski definition) is 6. The second kappa shape index (κ2) is 47.5. The summed E-state index contributed by atoms with van der Waals surface area (Å²) in [5, 5.41) is 13.7. The third kappa shape index (κ3) is 50.2. The molecule has 9 heteroatoms. The van der Waals surface area contributed by atoms with Crippen LogP contribution in [0.3, 0.4) is 0 Å². The Bertz CT molecular complexity index is 1200. The molecule has 0 aliphatic heterocycles. The van der Waals surface area contributed by atoms with E-state index in [1.54, 1.807) is 6.08 Å². The van der Waals surface area contributed by atoms with Gasteiger partial charge in [0.05, 0.1) is 39.9 Å². The molecular weight excluding hydrogens is 828 g/mol. The summed E-state index contributed by atoms with van der Waals surface area (Å²) in [4.78, 5) is 25.3. The van der Waals surface area contributed by atoms with Gasteiger partial charge in [0.15, 0.2) is 0 Å². The number of nitrogens with one attached hydrogen (secondary N) is 1. The van der Waals surface area contributed by atoms with Gasteiger partial charge in [-0.3, -0.25) is 9.36 Å². The summed E-state index contributed by atoms with van der Waals surface area (Å²) >= 11 is 0. The number of hydrogen-bond donors (Lipinski definition) is 2. The smallest absolute Gasteiger partial charge is 0.268 e. The molecule has 8 nitrogen and oxygen atoms in total. The highest BCUT2D eigenvalue weighted by atomic mass is 31.2. The molecule has 1 amide bonds. The summed E-state index contributed by atoms with van der Waals surface area (Å²) in [6, 6.07) is -0.900. The van der Waals surface area contributed by atoms with Crippen molar-refractivity contribution >= 4 is 13.7 Å². The summed E-state index contributed by atoms with van der Waals surface area (Å²) in [5.74, 6) is -0.207. The van der Waals surface area contributed by atoms with Crippen LogP contribution < -0.4 is 10.2 Å². The maximum Gasteiger partial charge on any atom is 0.268 e. The van der Waals surface area contributed by atoms with E-state index >= 15 is 0 Å². The molecule has 2 N–H and O–H groups in total. The maximum absolute atomic E-state index is 12.9. The summed E-state index contributed by atoms with van der Waals surface area (Å²) < 4.78 is 23.2. The van der Waals surface area contributed by atoms with Gasteiger partial charge in [-0.05, 0) is 64.2 Å². The van der Waals surface area contributed by atoms with Gasteiger partial charge < -0.3 is 28.8 Å². The van der Waals surface area contributed by atoms with Crippen molar-refractivity contribution in [1.82, 2.24) is 5.32 Å². The van der Waals surface area contributed by atoms with Crippen molar-refractivity contribution in [1.29, 1.82) is 0 Å². The standard InChI is InChI=1S/C56H107N2O6P/c1-6-8-10-12-14-16-18-19-20-21-22-23-24-25-26-27-28-29-30-31-32-33-34-35-36-37-38-39-40-42-44-46-48-50-56(60)57-54(53-64-65(61,62)63-52-51-58(3,4)5)55(59)49-47-45-43-41-17-15-13-11-9-7-2/h17-19,21-22,41,47,49,54-55,59H,6-16,20,23-40,42-46,48,50-53H2,1-5H3,(H-,57,60,61,62)/b19-18-,22-21-,41-17+,49-47+. The minimum atomic E-state index is -4.59. The number of phosphoric ester groups is 1. The summed E-state index contributed by atoms with van der Waals surface area (Å²) in [5.41, 5.74) is 0. The third-order valence-corrected chi connectivity index (χ3v) is 13.2. The molecule has 0 aromatic rings. The number of likely N-dealkylation sites (N-methyl/N-ethyl adjacent to an activating group) is 1. The van der Waals surface area contributed by atoms with Crippen LogP contribution in [0.5, 0.6) is 0 Å². The monoisotopic (exact) mass is 935 g/mol. The molecule has 3 unspecified atom stereocenters. The first kappa shape index (κ1) is 63.5. The topological polar surface area (TPSA) is 108 Å². The average molecular weight is 935 g/mol. The minimum absolute atomic E-state index is 0.00610. The van der Waals surface area contributed by atoms with Crippen molar-refractivity contribution < 1.29 is 32.9 Å². The van der Waals surface area contributed by atoms with Gasteiger partial charge in [-0.25, -0.2) is 0 Å². The van der Waals surface area contributed by atoms with E-state index in [2.05, 4.69) is 55.6 Å². The van der Waals surface area contributed by atoms with Crippen molar-refractivity contribution in [2.24, 2.45) is 0 Å². The SMILES string of the molecule is CCCCCC/C=C/CC/C=C/C(O)C(COP(=O)([O-])OCC[N+](C)(C)C)NC(=O)CCCCCCCCCCCCCCCCCCCCCCC/C=C\C/C=C\CCCCCCC. The van der Waals surface area contributed by atoms with Gasteiger partial charge in [-0.2, -0.15) is 0 Å². The molecule has 0 aliphatic rings. The van der Waals surface area contributed by atoms with Gasteiger partial charge in [0.1, 0.15) is 13.2 Å². The van der Waals surface area contributed by atoms with Gasteiger partial charge in [0.25, 0.3) is 7.82 Å². The second-order valence-electron chi connectivity index (χ2n) is 19.9. The molecule has 0 rings (SSSR count). The fourth-order valence-electron chi connectivity index (χ4n) is 7.91. The van der Waals surface area contributed by atoms with Gasteiger partial charge in [-0.15, -0.1) is 0 Å². The lowest BCUT2D eigenvalue weighted by Crippen LogP contribution is -2.45. The first-order valence-corrected chi connectivity index (χ1v) is 29.0. The van der Waals surface area contributed by atoms with Crippen LogP contribution in [-0.2, 0) is 18.4 Å². The predicted octanol–water partition coefficient (Wildman–Crippen LogP) is 15.7. The van der Waals surface area contributed by atoms with Gasteiger partial charge in [-0.1, -0.05) is 229 Å². The van der Waals surface area contributed by atoms with E-state index in [1.165, 1.54) is 186 Å². The molecule has 0 radical (unpaired) electrons. The number of aliphatic hydroxyl groups is 1. The van der Waals surface area contributed by atoms with E-state index in [-0.39, 0.29) is 12.5 Å². The van der Waals surface area contributed by atoms with E-state index in [0.717, 1.165) is 44.9 Å². The van der Waals surface area contributed by atoms with Gasteiger partial charge >= 0.3 is 0 Å². The van der Waals surface area contributed by atoms with Crippen LogP contribution in [0.4, 0.5) is 0 Å². The van der Waals surface area contributed by atoms with Crippen LogP contribution >= 0.6 is 7.82 Å². The van der Waals surface area contributed by atoms with Crippen molar-refractivity contribution in [3.63, 3.8) is 0 Å². The molecule has 0 saturated heterocycles. The lowest BCUT2D eigenvalue weighted by molar-refractivity contribution is -0.870. The molecule has 382 valence electrons. The number of phosphoric acid groups is 1. The zero-order valence-corrected chi connectivity index (χ0v) is 44.3. The number of rotatable bonds is 50. The lowest BCUT2D eigenvalue weighted by Gasteiger charge is -2.29. The van der Waals surface area contributed by atoms with Crippen LogP contribution in [0.25, 0.3) is 0 Å². The lowest BCUT2D eigenvalue weighted by atomic mass is 10.0. The largest absolute Gasteiger partial charge is 0.756 e. The third-order valence-electron chi connectivity index (χ3n) is 12.3. The highest BCUT2D eigenvalue weighted by molar-refractivity contribution is 7.45. The summed E-state index contributed by atoms with van der Waals surface area (Å²) in [6.07, 6.45) is 62.1. The quantitative estimate of drug-likeness (QED) is 0.0272. The molecule has 0 aromatic carbocycles. The number of unbranched alkanes of at least 4 members (excludes halogenated alkanes) is 31. The second-order valence-corrected chi connectivity index (χ2v) is 21.3. The highest BCUT2D eigenvalue weighted by Crippen LogP contribution is 2.38. The van der Waals surface area contributed by atoms with Gasteiger partial charge in [0.2, 0.25) is 5.91 Å². The highest BCUT2D eigenvalue weighted by Gasteiger charge is 2.23. The molecule has 0 aliphatic carbocycles. The number of aliphatic hydroxyl groups excluding tert-OH is 1. The zero-order chi connectivity index (χ0) is 47.8. The molecule has 0 fully saturated rings. The van der Waals surface area contributed by atoms with Gasteiger partial charge in [0, 0.05) is 6.42 Å². The number of nitrogens with zero attached hydrogens (tertiary/aromatic N) is 1. The average Bonchev–Trinajstić information content (AvgIpc) is 3.26. The van der Waals surface area contributed by atoms with Crippen molar-refractivity contribution in [3.8, 4) is 0 Å². The molecule has 0 aromatic heterocycles. The fraction of sp³-hybridized carbons (Fsp3) is 0.839. The molecule has 0 bridgehead atoms. The fourth-order valence-corrected chi connectivity index (χ4v) is 8.63. The van der Waals surface area contributed by atoms with E-state index < -0.39 is 26.6 Å². The Kier molecular flexibility index (Phi) is 46.4. The van der Waals surface area contributed by atoms with Crippen LogP contribution in [0, 0.1) is 0 Å². The Hall–Kier alpha value is -1.54. The normalized spacial score (nSPS) is 14.4. The number of carbonyl (C=O) groups is 1. The van der Waals surface area contributed by atoms with Crippen LogP contribution in [0.1, 0.15) is 251 Å². The number of carbonyl (C=O) groups excluding carboxylic acids is 1. The molecular formula is C56H107N2O6P. The first-order valence-electron chi connectivity index (χ1n) is 27.5. The van der Waals surface area contributed by atoms with E-state index in [9.17, 15) is 19.4 Å². The summed E-state index contributed by atoms with van der Waals surface area (Å²) in [6.45, 7) is 4.59. The van der Waals surface area contributed by atoms with Crippen molar-refractivity contribution in [2.45, 2.75) is 264 Å². The number of amides is 1. The van der Waals surface area contributed by atoms with Crippen LogP contribution in [0.15, 0.2) is 48.6 Å². The Morgan fingerprint density at radius 3 is 1.35 bits per heavy atom. The molecule has 3 atom stereocenters. The molecule has 0 heterocycles. The molecule has 0 spiro atoms. The number of quaternary nitrogens is 1. The Morgan fingerprint density at radius 2 is 0.908 bits per heavy atom. The zero-order valence-electron chi connectivity index (χ0n) is 43.4. The molecule has 0 saturated carbocycles. The Morgan fingerprint density at radius 1 is 0.538 bits per heavy atom. The number of allylic oxidation sites excluding steroid dienone is 7. The van der Waals surface area contributed by atoms with E-state index in [0.29, 0.717) is 17.4 Å². The first-order chi connectivity index (χ1) is 31.5. The van der Waals surface area contributed by atoms with Crippen LogP contribution in [0.2, 0.25) is 0 Å². The van der Waals surface area contributed by atoms with E-state index in [4.69, 9.17) is 9.05 Å². The maximum atomic E-state index is 12.9. The predicted molar refractivity (Wildman–Crippen MR) is 279 cm³/mol. The van der Waals surface area contributed by atoms with Crippen molar-refractivity contribution in [2.75, 3.05) is 40.9 Å². The van der Waals surface area contributed by atoms with Crippen molar-refractivity contribution in [3.05, 3.63) is 48.6 Å². The Labute approximate surface area is 403 Å². The minimum Gasteiger partial charge on any atom is -0.756 e.